The third kappa shape index (κ3) is 7.97. The van der Waals surface area contributed by atoms with Crippen LogP contribution in [0.2, 0.25) is 0 Å². The van der Waals surface area contributed by atoms with Crippen LogP contribution in [0.5, 0.6) is 0 Å². The zero-order valence-corrected chi connectivity index (χ0v) is 8.95. The maximum atomic E-state index is 9.44. The number of hydrogen-bond donors (Lipinski definition) is 1. The fraction of sp³-hybridized carbons (Fsp3) is 0.800. The highest BCUT2D eigenvalue weighted by Crippen LogP contribution is 2.12. The molecular weight excluding hydrogens is 168 g/mol. The molecule has 12 heavy (non-hydrogen) atoms. The predicted octanol–water partition coefficient (Wildman–Crippen LogP) is 2.29. The highest BCUT2D eigenvalue weighted by molar-refractivity contribution is 7.99. The van der Waals surface area contributed by atoms with Gasteiger partial charge in [0.1, 0.15) is 0 Å². The topological polar surface area (TPSA) is 20.2 Å². The van der Waals surface area contributed by atoms with E-state index in [9.17, 15) is 5.11 Å². The molecule has 0 aromatic carbocycles. The summed E-state index contributed by atoms with van der Waals surface area (Å²) in [6.45, 7) is 6.11. The van der Waals surface area contributed by atoms with Crippen LogP contribution in [0.4, 0.5) is 0 Å². The first-order chi connectivity index (χ1) is 5.66. The van der Waals surface area contributed by atoms with Gasteiger partial charge in [-0.15, -0.1) is 11.8 Å². The molecule has 0 saturated carbocycles. The average Bonchev–Trinajstić information content (AvgIpc) is 2.01. The Morgan fingerprint density at radius 1 is 1.42 bits per heavy atom. The second kappa shape index (κ2) is 7.52. The quantitative estimate of drug-likeness (QED) is 0.665. The van der Waals surface area contributed by atoms with Crippen LogP contribution in [-0.4, -0.2) is 22.2 Å². The molecule has 1 N–H and O–H groups in total. The van der Waals surface area contributed by atoms with Crippen LogP contribution in [0.1, 0.15) is 33.6 Å². The maximum Gasteiger partial charge on any atom is 0.0639 e. The molecule has 1 unspecified atom stereocenters. The number of thioether (sulfide) groups is 1. The van der Waals surface area contributed by atoms with Gasteiger partial charge in [0.15, 0.2) is 0 Å². The van der Waals surface area contributed by atoms with Gasteiger partial charge in [-0.2, -0.15) is 11.8 Å². The van der Waals surface area contributed by atoms with Crippen LogP contribution in [0.3, 0.4) is 0 Å². The molecule has 0 saturated heterocycles. The molecule has 0 spiro atoms. The Kier molecular flexibility index (Phi) is 7.43. The molecule has 2 heteroatoms. The second-order valence-electron chi connectivity index (χ2n) is 3.00. The van der Waals surface area contributed by atoms with Gasteiger partial charge in [0.2, 0.25) is 0 Å². The van der Waals surface area contributed by atoms with Crippen molar-refractivity contribution in [2.75, 3.05) is 5.75 Å². The van der Waals surface area contributed by atoms with Crippen molar-refractivity contribution in [3.8, 4) is 11.8 Å². The summed E-state index contributed by atoms with van der Waals surface area (Å²) in [6.07, 6.45) is 1.44. The molecule has 0 fully saturated rings. The van der Waals surface area contributed by atoms with Gasteiger partial charge in [-0.25, -0.2) is 0 Å². The molecular formula is C10H18OS. The van der Waals surface area contributed by atoms with Gasteiger partial charge in [-0.1, -0.05) is 13.8 Å². The lowest BCUT2D eigenvalue weighted by atomic mass is 10.2. The van der Waals surface area contributed by atoms with Gasteiger partial charge in [-0.3, -0.25) is 0 Å². The third-order valence-corrected chi connectivity index (χ3v) is 2.65. The average molecular weight is 186 g/mol. The summed E-state index contributed by atoms with van der Waals surface area (Å²) >= 11 is 1.80. The van der Waals surface area contributed by atoms with Crippen LogP contribution in [0.25, 0.3) is 0 Å². The van der Waals surface area contributed by atoms with E-state index in [2.05, 4.69) is 25.7 Å². The zero-order chi connectivity index (χ0) is 9.40. The van der Waals surface area contributed by atoms with Crippen molar-refractivity contribution in [2.24, 2.45) is 0 Å². The normalized spacial score (nSPS) is 12.4. The minimum absolute atomic E-state index is 0.182. The Morgan fingerprint density at radius 3 is 2.58 bits per heavy atom. The van der Waals surface area contributed by atoms with E-state index in [4.69, 9.17) is 0 Å². The van der Waals surface area contributed by atoms with Crippen LogP contribution in [-0.2, 0) is 0 Å². The van der Waals surface area contributed by atoms with Gasteiger partial charge in [0.25, 0.3) is 0 Å². The highest BCUT2D eigenvalue weighted by Gasteiger charge is 2.04. The van der Waals surface area contributed by atoms with Gasteiger partial charge in [0, 0.05) is 12.2 Å². The van der Waals surface area contributed by atoms with E-state index in [1.165, 1.54) is 0 Å². The summed E-state index contributed by atoms with van der Waals surface area (Å²) in [5.74, 6) is 6.60. The first kappa shape index (κ1) is 11.9. The number of hydrogen-bond acceptors (Lipinski definition) is 2. The van der Waals surface area contributed by atoms with Crippen molar-refractivity contribution >= 4 is 11.8 Å². The number of rotatable bonds is 5. The van der Waals surface area contributed by atoms with Crippen molar-refractivity contribution in [1.29, 1.82) is 0 Å². The fourth-order valence-corrected chi connectivity index (χ4v) is 1.52. The number of aliphatic hydroxyl groups excluding tert-OH is 1. The molecule has 0 bridgehead atoms. The first-order valence-electron chi connectivity index (χ1n) is 4.36. The molecule has 0 amide bonds. The Bertz CT molecular complexity index is 155. The zero-order valence-electron chi connectivity index (χ0n) is 8.13. The smallest absolute Gasteiger partial charge is 0.0639 e. The summed E-state index contributed by atoms with van der Waals surface area (Å²) in [4.78, 5) is 0. The molecule has 0 aliphatic rings. The molecule has 0 aliphatic carbocycles. The Morgan fingerprint density at radius 2 is 2.08 bits per heavy atom. The van der Waals surface area contributed by atoms with E-state index >= 15 is 0 Å². The number of aliphatic hydroxyl groups is 1. The third-order valence-electron chi connectivity index (χ3n) is 1.40. The minimum atomic E-state index is -0.182. The van der Waals surface area contributed by atoms with E-state index in [0.717, 1.165) is 18.6 Å². The van der Waals surface area contributed by atoms with Crippen molar-refractivity contribution in [1.82, 2.24) is 0 Å². The van der Waals surface area contributed by atoms with Crippen LogP contribution in [0, 0.1) is 11.8 Å². The molecule has 0 aliphatic heterocycles. The molecule has 1 nitrogen and oxygen atoms in total. The second-order valence-corrected chi connectivity index (χ2v) is 4.61. The molecule has 0 rings (SSSR count). The lowest BCUT2D eigenvalue weighted by Crippen LogP contribution is -2.10. The SMILES string of the molecule is CC#CCCC(O)CSC(C)C. The summed E-state index contributed by atoms with van der Waals surface area (Å²) in [5, 5.41) is 10.0. The lowest BCUT2D eigenvalue weighted by molar-refractivity contribution is 0.191. The monoisotopic (exact) mass is 186 g/mol. The van der Waals surface area contributed by atoms with Gasteiger partial charge < -0.3 is 5.11 Å². The summed E-state index contributed by atoms with van der Waals surface area (Å²) in [6, 6.07) is 0. The maximum absolute atomic E-state index is 9.44. The predicted molar refractivity (Wildman–Crippen MR) is 56.3 cm³/mol. The van der Waals surface area contributed by atoms with E-state index in [0.29, 0.717) is 5.25 Å². The van der Waals surface area contributed by atoms with Gasteiger partial charge in [0.05, 0.1) is 6.10 Å². The van der Waals surface area contributed by atoms with Crippen molar-refractivity contribution in [3.05, 3.63) is 0 Å². The summed E-state index contributed by atoms with van der Waals surface area (Å²) in [7, 11) is 0. The van der Waals surface area contributed by atoms with Crippen molar-refractivity contribution in [3.63, 3.8) is 0 Å². The molecule has 0 heterocycles. The van der Waals surface area contributed by atoms with Crippen molar-refractivity contribution in [2.45, 2.75) is 45.0 Å². The van der Waals surface area contributed by atoms with Crippen LogP contribution in [0.15, 0.2) is 0 Å². The molecule has 0 radical (unpaired) electrons. The first-order valence-corrected chi connectivity index (χ1v) is 5.41. The Balaban J connectivity index is 3.31. The largest absolute Gasteiger partial charge is 0.392 e. The Hall–Kier alpha value is -0.130. The fourth-order valence-electron chi connectivity index (χ4n) is 0.751. The molecule has 1 atom stereocenters. The van der Waals surface area contributed by atoms with E-state index in [-0.39, 0.29) is 6.10 Å². The lowest BCUT2D eigenvalue weighted by Gasteiger charge is -2.09. The van der Waals surface area contributed by atoms with E-state index in [1.54, 1.807) is 11.8 Å². The van der Waals surface area contributed by atoms with Gasteiger partial charge in [-0.05, 0) is 18.6 Å². The Labute approximate surface area is 79.9 Å². The van der Waals surface area contributed by atoms with Crippen LogP contribution < -0.4 is 0 Å². The molecule has 0 aromatic heterocycles. The highest BCUT2D eigenvalue weighted by atomic mass is 32.2. The summed E-state index contributed by atoms with van der Waals surface area (Å²) < 4.78 is 0. The van der Waals surface area contributed by atoms with E-state index in [1.807, 2.05) is 6.92 Å². The molecule has 0 aromatic rings. The summed E-state index contributed by atoms with van der Waals surface area (Å²) in [5.41, 5.74) is 0. The van der Waals surface area contributed by atoms with Gasteiger partial charge >= 0.3 is 0 Å². The molecule has 70 valence electrons. The van der Waals surface area contributed by atoms with Crippen molar-refractivity contribution < 1.29 is 5.11 Å². The van der Waals surface area contributed by atoms with E-state index < -0.39 is 0 Å². The van der Waals surface area contributed by atoms with Crippen LogP contribution >= 0.6 is 11.8 Å². The minimum Gasteiger partial charge on any atom is -0.392 e. The standard InChI is InChI=1S/C10H18OS/c1-4-5-6-7-10(11)8-12-9(2)3/h9-11H,6-8H2,1-3H3.